The van der Waals surface area contributed by atoms with Gasteiger partial charge in [0.1, 0.15) is 0 Å². The Labute approximate surface area is 86.0 Å². The maximum Gasteiger partial charge on any atom is 0.282 e. The second-order valence-electron chi connectivity index (χ2n) is 3.27. The minimum Gasteiger partial charge on any atom is -0.465 e. The lowest BCUT2D eigenvalue weighted by Gasteiger charge is -2.19. The van der Waals surface area contributed by atoms with E-state index in [0.29, 0.717) is 24.3 Å². The molecule has 1 atom stereocenters. The largest absolute Gasteiger partial charge is 0.465 e. The molecule has 1 aliphatic heterocycles. The van der Waals surface area contributed by atoms with Crippen molar-refractivity contribution in [3.05, 3.63) is 23.8 Å². The molecule has 5 nitrogen and oxygen atoms in total. The van der Waals surface area contributed by atoms with Crippen LogP contribution in [0.4, 0.5) is 10.1 Å². The van der Waals surface area contributed by atoms with Crippen molar-refractivity contribution in [2.45, 2.75) is 12.5 Å². The smallest absolute Gasteiger partial charge is 0.282 e. The number of aromatic nitrogens is 1. The molecule has 80 valence electrons. The van der Waals surface area contributed by atoms with Crippen molar-refractivity contribution in [2.75, 3.05) is 12.3 Å². The van der Waals surface area contributed by atoms with Crippen LogP contribution in [0.3, 0.4) is 0 Å². The molecule has 1 unspecified atom stereocenters. The number of nitrogen functional groups attached to an aromatic ring is 1. The van der Waals surface area contributed by atoms with Gasteiger partial charge in [-0.3, -0.25) is 0 Å². The molecule has 0 radical (unpaired) electrons. The summed E-state index contributed by atoms with van der Waals surface area (Å²) >= 11 is 0. The summed E-state index contributed by atoms with van der Waals surface area (Å²) in [5, 5.41) is 0. The first-order chi connectivity index (χ1) is 7.16. The van der Waals surface area contributed by atoms with Gasteiger partial charge in [-0.05, 0) is 6.07 Å². The number of nitrogens with zero attached hydrogens (tertiary/aromatic N) is 2. The topological polar surface area (TPSA) is 86.5 Å². The van der Waals surface area contributed by atoms with E-state index < -0.39 is 5.95 Å². The standard InChI is InChI=1S/C9H11FN4O/c10-8-6(3-5(11)4-13-8)7-1-2-15-9(12)14-7/h3-4,7H,1-2,11H2,(H2,12,14). The molecule has 2 rings (SSSR count). The molecule has 0 bridgehead atoms. The van der Waals surface area contributed by atoms with E-state index in [-0.39, 0.29) is 12.1 Å². The number of aliphatic imine (C=N–C) groups is 1. The SMILES string of the molecule is NC1=NC(c2cc(N)cnc2F)CCO1. The molecule has 0 saturated heterocycles. The average Bonchev–Trinajstić information content (AvgIpc) is 2.22. The highest BCUT2D eigenvalue weighted by Crippen LogP contribution is 2.26. The zero-order chi connectivity index (χ0) is 10.8. The summed E-state index contributed by atoms with van der Waals surface area (Å²) in [7, 11) is 0. The van der Waals surface area contributed by atoms with Gasteiger partial charge in [-0.2, -0.15) is 4.39 Å². The van der Waals surface area contributed by atoms with Crippen molar-refractivity contribution < 1.29 is 9.13 Å². The van der Waals surface area contributed by atoms with E-state index in [1.165, 1.54) is 12.3 Å². The molecule has 0 aromatic carbocycles. The molecule has 15 heavy (non-hydrogen) atoms. The first-order valence-corrected chi connectivity index (χ1v) is 4.54. The summed E-state index contributed by atoms with van der Waals surface area (Å²) in [6.07, 6.45) is 1.84. The molecule has 0 amide bonds. The Hall–Kier alpha value is -1.85. The van der Waals surface area contributed by atoms with Crippen LogP contribution in [0.15, 0.2) is 17.3 Å². The number of anilines is 1. The van der Waals surface area contributed by atoms with E-state index >= 15 is 0 Å². The van der Waals surface area contributed by atoms with E-state index in [0.717, 1.165) is 0 Å². The van der Waals surface area contributed by atoms with Crippen molar-refractivity contribution >= 4 is 11.7 Å². The normalized spacial score (nSPS) is 20.6. The van der Waals surface area contributed by atoms with Gasteiger partial charge < -0.3 is 16.2 Å². The zero-order valence-corrected chi connectivity index (χ0v) is 7.98. The van der Waals surface area contributed by atoms with E-state index in [9.17, 15) is 4.39 Å². The average molecular weight is 210 g/mol. The van der Waals surface area contributed by atoms with E-state index in [1.54, 1.807) is 0 Å². The van der Waals surface area contributed by atoms with Gasteiger partial charge in [-0.25, -0.2) is 9.98 Å². The molecular weight excluding hydrogens is 199 g/mol. The van der Waals surface area contributed by atoms with Crippen LogP contribution < -0.4 is 11.5 Å². The third kappa shape index (κ3) is 1.98. The van der Waals surface area contributed by atoms with Crippen molar-refractivity contribution in [3.63, 3.8) is 0 Å². The fourth-order valence-electron chi connectivity index (χ4n) is 1.47. The number of amidine groups is 1. The van der Waals surface area contributed by atoms with Crippen LogP contribution in [0, 0.1) is 5.95 Å². The second kappa shape index (κ2) is 3.72. The van der Waals surface area contributed by atoms with Gasteiger partial charge in [-0.15, -0.1) is 0 Å². The molecule has 6 heteroatoms. The van der Waals surface area contributed by atoms with E-state index in [2.05, 4.69) is 9.98 Å². The third-order valence-electron chi connectivity index (χ3n) is 2.17. The van der Waals surface area contributed by atoms with Gasteiger partial charge in [0.25, 0.3) is 6.02 Å². The lowest BCUT2D eigenvalue weighted by molar-refractivity contribution is 0.254. The maximum absolute atomic E-state index is 13.4. The van der Waals surface area contributed by atoms with Gasteiger partial charge in [0.15, 0.2) is 0 Å². The van der Waals surface area contributed by atoms with Gasteiger partial charge in [0, 0.05) is 12.0 Å². The number of ether oxygens (including phenoxy) is 1. The summed E-state index contributed by atoms with van der Waals surface area (Å²) in [5.41, 5.74) is 11.7. The molecule has 1 aromatic rings. The molecule has 0 spiro atoms. The lowest BCUT2D eigenvalue weighted by Crippen LogP contribution is -2.24. The van der Waals surface area contributed by atoms with Gasteiger partial charge in [0.05, 0.1) is 24.5 Å². The number of hydrogen-bond donors (Lipinski definition) is 2. The number of rotatable bonds is 1. The maximum atomic E-state index is 13.4. The third-order valence-corrected chi connectivity index (χ3v) is 2.17. The Balaban J connectivity index is 2.36. The van der Waals surface area contributed by atoms with Gasteiger partial charge in [-0.1, -0.05) is 0 Å². The summed E-state index contributed by atoms with van der Waals surface area (Å²) in [6.45, 7) is 0.425. The Morgan fingerprint density at radius 3 is 3.00 bits per heavy atom. The first kappa shape index (κ1) is 9.70. The van der Waals surface area contributed by atoms with Crippen LogP contribution >= 0.6 is 0 Å². The summed E-state index contributed by atoms with van der Waals surface area (Å²) in [4.78, 5) is 7.53. The fourth-order valence-corrected chi connectivity index (χ4v) is 1.47. The van der Waals surface area contributed by atoms with Crippen molar-refractivity contribution in [1.29, 1.82) is 0 Å². The monoisotopic (exact) mass is 210 g/mol. The minimum absolute atomic E-state index is 0.0769. The molecule has 1 aliphatic rings. The highest BCUT2D eigenvalue weighted by molar-refractivity contribution is 5.72. The van der Waals surface area contributed by atoms with Crippen molar-refractivity contribution in [2.24, 2.45) is 10.7 Å². The van der Waals surface area contributed by atoms with Gasteiger partial charge >= 0.3 is 0 Å². The van der Waals surface area contributed by atoms with Crippen molar-refractivity contribution in [1.82, 2.24) is 4.98 Å². The quantitative estimate of drug-likeness (QED) is 0.664. The lowest BCUT2D eigenvalue weighted by atomic mass is 10.1. The van der Waals surface area contributed by atoms with E-state index in [4.69, 9.17) is 16.2 Å². The zero-order valence-electron chi connectivity index (χ0n) is 7.98. The number of hydrogen-bond acceptors (Lipinski definition) is 5. The molecule has 0 fully saturated rings. The highest BCUT2D eigenvalue weighted by atomic mass is 19.1. The molecule has 4 N–H and O–H groups in total. The van der Waals surface area contributed by atoms with Crippen LogP contribution in [0.5, 0.6) is 0 Å². The Kier molecular flexibility index (Phi) is 2.40. The van der Waals surface area contributed by atoms with Crippen LogP contribution in [0.1, 0.15) is 18.0 Å². The molecule has 1 aromatic heterocycles. The number of nitrogens with two attached hydrogens (primary N) is 2. The van der Waals surface area contributed by atoms with Crippen molar-refractivity contribution in [3.8, 4) is 0 Å². The predicted octanol–water partition coefficient (Wildman–Crippen LogP) is 0.579. The van der Waals surface area contributed by atoms with Crippen LogP contribution in [-0.4, -0.2) is 17.6 Å². The fraction of sp³-hybridized carbons (Fsp3) is 0.333. The molecular formula is C9H11FN4O. The number of halogens is 1. The Bertz CT molecular complexity index is 407. The van der Waals surface area contributed by atoms with E-state index in [1.807, 2.05) is 0 Å². The molecule has 2 heterocycles. The highest BCUT2D eigenvalue weighted by Gasteiger charge is 2.20. The Morgan fingerprint density at radius 2 is 2.27 bits per heavy atom. The second-order valence-corrected chi connectivity index (χ2v) is 3.27. The summed E-state index contributed by atoms with van der Waals surface area (Å²) in [6, 6.07) is 1.25. The first-order valence-electron chi connectivity index (χ1n) is 4.54. The minimum atomic E-state index is -0.562. The van der Waals surface area contributed by atoms with Crippen LogP contribution in [0.2, 0.25) is 0 Å². The summed E-state index contributed by atoms with van der Waals surface area (Å²) in [5.74, 6) is -0.562. The number of pyridine rings is 1. The Morgan fingerprint density at radius 1 is 1.47 bits per heavy atom. The summed E-state index contributed by atoms with van der Waals surface area (Å²) < 4.78 is 18.3. The van der Waals surface area contributed by atoms with Gasteiger partial charge in [0.2, 0.25) is 5.95 Å². The molecule has 0 aliphatic carbocycles. The molecule has 0 saturated carbocycles. The van der Waals surface area contributed by atoms with Crippen LogP contribution in [-0.2, 0) is 4.74 Å². The van der Waals surface area contributed by atoms with Crippen LogP contribution in [0.25, 0.3) is 0 Å². The predicted molar refractivity (Wildman–Crippen MR) is 53.5 cm³/mol.